The average Bonchev–Trinajstić information content (AvgIpc) is 2.38. The monoisotopic (exact) mass is 232 g/mol. The van der Waals surface area contributed by atoms with Gasteiger partial charge < -0.3 is 5.32 Å². The first kappa shape index (κ1) is 11.9. The van der Waals surface area contributed by atoms with E-state index in [0.717, 1.165) is 12.2 Å². The lowest BCUT2D eigenvalue weighted by molar-refractivity contribution is 0.373. The molecule has 17 heavy (non-hydrogen) atoms. The van der Waals surface area contributed by atoms with Crippen LogP contribution in [0.15, 0.2) is 18.2 Å². The Morgan fingerprint density at radius 1 is 1.29 bits per heavy atom. The second-order valence-electron chi connectivity index (χ2n) is 4.69. The summed E-state index contributed by atoms with van der Waals surface area (Å²) < 4.78 is 13.0. The van der Waals surface area contributed by atoms with Crippen LogP contribution >= 0.6 is 0 Å². The molecule has 0 spiro atoms. The summed E-state index contributed by atoms with van der Waals surface area (Å²) in [4.78, 5) is 0. The molecule has 1 aromatic carbocycles. The van der Waals surface area contributed by atoms with E-state index < -0.39 is 0 Å². The van der Waals surface area contributed by atoms with Crippen LogP contribution in [-0.2, 0) is 0 Å². The zero-order chi connectivity index (χ0) is 12.1. The zero-order valence-electron chi connectivity index (χ0n) is 9.88. The molecule has 0 radical (unpaired) electrons. The Morgan fingerprint density at radius 2 is 2.06 bits per heavy atom. The predicted molar refractivity (Wildman–Crippen MR) is 66.2 cm³/mol. The van der Waals surface area contributed by atoms with Crippen molar-refractivity contribution in [2.24, 2.45) is 5.92 Å². The number of benzene rings is 1. The number of nitriles is 1. The number of halogens is 1. The van der Waals surface area contributed by atoms with Crippen LogP contribution in [0.4, 0.5) is 10.1 Å². The minimum absolute atomic E-state index is 0.357. The Labute approximate surface area is 101 Å². The van der Waals surface area contributed by atoms with Crippen molar-refractivity contribution in [2.75, 3.05) is 11.9 Å². The zero-order valence-corrected chi connectivity index (χ0v) is 9.88. The van der Waals surface area contributed by atoms with Crippen molar-refractivity contribution in [3.63, 3.8) is 0 Å². The van der Waals surface area contributed by atoms with E-state index in [1.165, 1.54) is 44.2 Å². The molecule has 0 bridgehead atoms. The highest BCUT2D eigenvalue weighted by Crippen LogP contribution is 2.24. The number of hydrogen-bond acceptors (Lipinski definition) is 2. The summed E-state index contributed by atoms with van der Waals surface area (Å²) >= 11 is 0. The Kier molecular flexibility index (Phi) is 3.98. The van der Waals surface area contributed by atoms with E-state index in [1.54, 1.807) is 6.07 Å². The van der Waals surface area contributed by atoms with Crippen molar-refractivity contribution in [2.45, 2.75) is 32.1 Å². The molecule has 0 aromatic heterocycles. The van der Waals surface area contributed by atoms with Crippen LogP contribution < -0.4 is 5.32 Å². The van der Waals surface area contributed by atoms with Crippen LogP contribution in [0.5, 0.6) is 0 Å². The Hall–Kier alpha value is -1.56. The van der Waals surface area contributed by atoms with Crippen LogP contribution in [0.25, 0.3) is 0 Å². The molecule has 2 rings (SSSR count). The highest BCUT2D eigenvalue weighted by atomic mass is 19.1. The van der Waals surface area contributed by atoms with E-state index in [1.807, 2.05) is 6.07 Å². The van der Waals surface area contributed by atoms with E-state index >= 15 is 0 Å². The maximum atomic E-state index is 13.0. The molecule has 0 heterocycles. The molecule has 0 atom stereocenters. The van der Waals surface area contributed by atoms with Crippen molar-refractivity contribution in [1.29, 1.82) is 5.26 Å². The molecule has 1 fully saturated rings. The van der Waals surface area contributed by atoms with Gasteiger partial charge in [-0.3, -0.25) is 0 Å². The Balaban J connectivity index is 1.96. The third kappa shape index (κ3) is 3.20. The summed E-state index contributed by atoms with van der Waals surface area (Å²) in [6.07, 6.45) is 6.48. The van der Waals surface area contributed by atoms with Crippen LogP contribution in [0.3, 0.4) is 0 Å². The predicted octanol–water partition coefficient (Wildman–Crippen LogP) is 3.69. The van der Waals surface area contributed by atoms with Gasteiger partial charge in [0, 0.05) is 6.54 Å². The molecule has 90 valence electrons. The lowest BCUT2D eigenvalue weighted by Gasteiger charge is -2.22. The molecule has 3 heteroatoms. The third-order valence-corrected chi connectivity index (χ3v) is 3.41. The van der Waals surface area contributed by atoms with E-state index in [2.05, 4.69) is 5.32 Å². The largest absolute Gasteiger partial charge is 0.384 e. The van der Waals surface area contributed by atoms with E-state index in [4.69, 9.17) is 5.26 Å². The molecule has 0 saturated heterocycles. The van der Waals surface area contributed by atoms with E-state index in [0.29, 0.717) is 11.5 Å². The maximum absolute atomic E-state index is 13.0. The summed E-state index contributed by atoms with van der Waals surface area (Å²) in [5.41, 5.74) is 1.14. The summed E-state index contributed by atoms with van der Waals surface area (Å²) in [6, 6.07) is 6.35. The maximum Gasteiger partial charge on any atom is 0.124 e. The molecule has 0 unspecified atom stereocenters. The van der Waals surface area contributed by atoms with Crippen LogP contribution in [0.1, 0.15) is 37.7 Å². The van der Waals surface area contributed by atoms with Gasteiger partial charge in [-0.2, -0.15) is 5.26 Å². The van der Waals surface area contributed by atoms with Gasteiger partial charge in [0.25, 0.3) is 0 Å². The standard InChI is InChI=1S/C14H17FN2/c15-13-6-7-14(12(8-13)9-16)17-10-11-4-2-1-3-5-11/h6-8,11,17H,1-5,10H2. The van der Waals surface area contributed by atoms with Crippen LogP contribution in [0.2, 0.25) is 0 Å². The molecule has 1 saturated carbocycles. The van der Waals surface area contributed by atoms with Gasteiger partial charge in [0.05, 0.1) is 11.3 Å². The quantitative estimate of drug-likeness (QED) is 0.862. The SMILES string of the molecule is N#Cc1cc(F)ccc1NCC1CCCCC1. The van der Waals surface area contributed by atoms with Crippen molar-refractivity contribution < 1.29 is 4.39 Å². The summed E-state index contributed by atoms with van der Waals surface area (Å²) in [7, 11) is 0. The van der Waals surface area contributed by atoms with Crippen molar-refractivity contribution in [3.8, 4) is 6.07 Å². The molecule has 2 nitrogen and oxygen atoms in total. The van der Waals surface area contributed by atoms with Crippen LogP contribution in [0, 0.1) is 23.1 Å². The highest BCUT2D eigenvalue weighted by Gasteiger charge is 2.13. The van der Waals surface area contributed by atoms with Crippen molar-refractivity contribution in [3.05, 3.63) is 29.6 Å². The summed E-state index contributed by atoms with van der Waals surface area (Å²) in [5.74, 6) is 0.338. The number of rotatable bonds is 3. The average molecular weight is 232 g/mol. The number of anilines is 1. The second-order valence-corrected chi connectivity index (χ2v) is 4.69. The second kappa shape index (κ2) is 5.67. The van der Waals surface area contributed by atoms with Gasteiger partial charge in [0.1, 0.15) is 11.9 Å². The Morgan fingerprint density at radius 3 is 2.76 bits per heavy atom. The first-order chi connectivity index (χ1) is 8.29. The summed E-state index contributed by atoms with van der Waals surface area (Å²) in [5, 5.41) is 12.2. The minimum Gasteiger partial charge on any atom is -0.384 e. The van der Waals surface area contributed by atoms with Crippen LogP contribution in [-0.4, -0.2) is 6.54 Å². The van der Waals surface area contributed by atoms with Gasteiger partial charge in [-0.05, 0) is 37.0 Å². The fourth-order valence-electron chi connectivity index (χ4n) is 2.41. The van der Waals surface area contributed by atoms with E-state index in [9.17, 15) is 4.39 Å². The third-order valence-electron chi connectivity index (χ3n) is 3.41. The van der Waals surface area contributed by atoms with Gasteiger partial charge >= 0.3 is 0 Å². The van der Waals surface area contributed by atoms with Gasteiger partial charge in [0.2, 0.25) is 0 Å². The lowest BCUT2D eigenvalue weighted by Crippen LogP contribution is -2.17. The summed E-state index contributed by atoms with van der Waals surface area (Å²) in [6.45, 7) is 0.889. The fraction of sp³-hybridized carbons (Fsp3) is 0.500. The molecule has 1 N–H and O–H groups in total. The molecule has 1 aliphatic rings. The first-order valence-electron chi connectivity index (χ1n) is 6.23. The fourth-order valence-corrected chi connectivity index (χ4v) is 2.41. The molecular formula is C14H17FN2. The van der Waals surface area contributed by atoms with Gasteiger partial charge in [-0.1, -0.05) is 19.3 Å². The number of hydrogen-bond donors (Lipinski definition) is 1. The highest BCUT2D eigenvalue weighted by molar-refractivity contribution is 5.57. The Bertz CT molecular complexity index is 417. The molecule has 1 aliphatic carbocycles. The number of nitrogens with one attached hydrogen (secondary N) is 1. The first-order valence-corrected chi connectivity index (χ1v) is 6.23. The smallest absolute Gasteiger partial charge is 0.124 e. The van der Waals surface area contributed by atoms with Gasteiger partial charge in [-0.15, -0.1) is 0 Å². The molecular weight excluding hydrogens is 215 g/mol. The number of nitrogens with zero attached hydrogens (tertiary/aromatic N) is 1. The van der Waals surface area contributed by atoms with Crippen molar-refractivity contribution >= 4 is 5.69 Å². The minimum atomic E-state index is -0.357. The molecule has 0 amide bonds. The van der Waals surface area contributed by atoms with Gasteiger partial charge in [-0.25, -0.2) is 4.39 Å². The van der Waals surface area contributed by atoms with E-state index in [-0.39, 0.29) is 5.82 Å². The lowest BCUT2D eigenvalue weighted by atomic mass is 9.89. The van der Waals surface area contributed by atoms with Crippen molar-refractivity contribution in [1.82, 2.24) is 0 Å². The van der Waals surface area contributed by atoms with Gasteiger partial charge in [0.15, 0.2) is 0 Å². The molecule has 0 aliphatic heterocycles. The molecule has 1 aromatic rings. The normalized spacial score (nSPS) is 16.5. The topological polar surface area (TPSA) is 35.8 Å².